The van der Waals surface area contributed by atoms with Crippen molar-refractivity contribution in [2.45, 2.75) is 5.22 Å². The number of carbonyl (C=O) groups excluding carboxylic acids is 1. The normalized spacial score (nSPS) is 10.9. The molecule has 0 unspecified atom stereocenters. The van der Waals surface area contributed by atoms with E-state index in [1.165, 1.54) is 11.8 Å². The average Bonchev–Trinajstić information content (AvgIpc) is 3.12. The van der Waals surface area contributed by atoms with E-state index in [0.29, 0.717) is 24.1 Å². The molecule has 2 aromatic carbocycles. The largest absolute Gasteiger partial charge is 0.464 e. The standard InChI is InChI=1S/C21H22N2O3S/c1-23(2)13-14-25-18(24)15-27-21-22-19(16-9-5-3-6-10-16)20(26-21)17-11-7-4-8-12-17/h3-12H,13-15H2,1-2H3. The van der Waals surface area contributed by atoms with Crippen molar-refractivity contribution in [3.63, 3.8) is 0 Å². The van der Waals surface area contributed by atoms with Crippen LogP contribution in [0.5, 0.6) is 0 Å². The lowest BCUT2D eigenvalue weighted by molar-refractivity contribution is -0.140. The Bertz CT molecular complexity index is 807. The number of hydrogen-bond donors (Lipinski definition) is 0. The number of hydrogen-bond acceptors (Lipinski definition) is 6. The summed E-state index contributed by atoms with van der Waals surface area (Å²) in [6.45, 7) is 1.08. The molecular weight excluding hydrogens is 360 g/mol. The number of aromatic nitrogens is 1. The van der Waals surface area contributed by atoms with Crippen LogP contribution in [-0.4, -0.2) is 48.9 Å². The van der Waals surface area contributed by atoms with E-state index < -0.39 is 0 Å². The van der Waals surface area contributed by atoms with Gasteiger partial charge in [-0.05, 0) is 14.1 Å². The topological polar surface area (TPSA) is 55.6 Å². The van der Waals surface area contributed by atoms with Crippen molar-refractivity contribution in [2.24, 2.45) is 0 Å². The van der Waals surface area contributed by atoms with Gasteiger partial charge in [0.25, 0.3) is 5.22 Å². The highest BCUT2D eigenvalue weighted by Gasteiger charge is 2.18. The highest BCUT2D eigenvalue weighted by Crippen LogP contribution is 2.35. The molecule has 0 aliphatic carbocycles. The van der Waals surface area contributed by atoms with E-state index >= 15 is 0 Å². The van der Waals surface area contributed by atoms with Crippen molar-refractivity contribution in [3.8, 4) is 22.6 Å². The molecule has 0 saturated heterocycles. The summed E-state index contributed by atoms with van der Waals surface area (Å²) in [5.41, 5.74) is 2.69. The first-order valence-corrected chi connectivity index (χ1v) is 9.67. The van der Waals surface area contributed by atoms with Crippen molar-refractivity contribution in [1.82, 2.24) is 9.88 Å². The average molecular weight is 382 g/mol. The molecule has 3 aromatic rings. The number of ether oxygens (including phenoxy) is 1. The summed E-state index contributed by atoms with van der Waals surface area (Å²) >= 11 is 1.25. The minimum absolute atomic E-state index is 0.163. The Labute approximate surface area is 163 Å². The molecule has 0 fully saturated rings. The lowest BCUT2D eigenvalue weighted by Crippen LogP contribution is -2.20. The fourth-order valence-corrected chi connectivity index (χ4v) is 3.07. The van der Waals surface area contributed by atoms with Gasteiger partial charge in [0.2, 0.25) is 0 Å². The third kappa shape index (κ3) is 5.45. The van der Waals surface area contributed by atoms with Gasteiger partial charge in [0.05, 0.1) is 0 Å². The third-order valence-electron chi connectivity index (χ3n) is 3.81. The van der Waals surface area contributed by atoms with E-state index in [2.05, 4.69) is 4.98 Å². The highest BCUT2D eigenvalue weighted by atomic mass is 32.2. The number of oxazole rings is 1. The van der Waals surface area contributed by atoms with Crippen molar-refractivity contribution in [1.29, 1.82) is 0 Å². The summed E-state index contributed by atoms with van der Waals surface area (Å²) < 4.78 is 11.2. The third-order valence-corrected chi connectivity index (χ3v) is 4.61. The molecular formula is C21H22N2O3S. The first-order valence-electron chi connectivity index (χ1n) is 8.68. The molecule has 1 aromatic heterocycles. The number of benzene rings is 2. The fourth-order valence-electron chi connectivity index (χ4n) is 2.44. The summed E-state index contributed by atoms with van der Waals surface area (Å²) in [5, 5.41) is 0.456. The van der Waals surface area contributed by atoms with E-state index in [4.69, 9.17) is 9.15 Å². The summed E-state index contributed by atoms with van der Waals surface area (Å²) in [6.07, 6.45) is 0. The van der Waals surface area contributed by atoms with Gasteiger partial charge in [0.15, 0.2) is 5.76 Å². The maximum absolute atomic E-state index is 11.9. The molecule has 0 aliphatic rings. The predicted molar refractivity (Wildman–Crippen MR) is 108 cm³/mol. The second-order valence-corrected chi connectivity index (χ2v) is 7.13. The molecule has 27 heavy (non-hydrogen) atoms. The Morgan fingerprint density at radius 3 is 2.30 bits per heavy atom. The van der Waals surface area contributed by atoms with Gasteiger partial charge in [-0.1, -0.05) is 72.4 Å². The van der Waals surface area contributed by atoms with E-state index in [9.17, 15) is 4.79 Å². The zero-order chi connectivity index (χ0) is 19.1. The quantitative estimate of drug-likeness (QED) is 0.430. The molecule has 1 heterocycles. The Hall–Kier alpha value is -2.57. The molecule has 0 saturated carbocycles. The lowest BCUT2D eigenvalue weighted by atomic mass is 10.1. The molecule has 5 nitrogen and oxygen atoms in total. The monoisotopic (exact) mass is 382 g/mol. The Morgan fingerprint density at radius 2 is 1.67 bits per heavy atom. The molecule has 0 spiro atoms. The second kappa shape index (κ2) is 9.39. The van der Waals surface area contributed by atoms with Crippen molar-refractivity contribution >= 4 is 17.7 Å². The van der Waals surface area contributed by atoms with E-state index in [-0.39, 0.29) is 11.7 Å². The maximum Gasteiger partial charge on any atom is 0.316 e. The number of carbonyl (C=O) groups is 1. The van der Waals surface area contributed by atoms with E-state index in [0.717, 1.165) is 16.8 Å². The van der Waals surface area contributed by atoms with Crippen LogP contribution < -0.4 is 0 Å². The van der Waals surface area contributed by atoms with Crippen LogP contribution in [0.15, 0.2) is 70.3 Å². The van der Waals surface area contributed by atoms with Gasteiger partial charge in [-0.2, -0.15) is 0 Å². The van der Waals surface area contributed by atoms with Crippen molar-refractivity contribution in [3.05, 3.63) is 60.7 Å². The number of likely N-dealkylation sites (N-methyl/N-ethyl adjacent to an activating group) is 1. The van der Waals surface area contributed by atoms with E-state index in [1.807, 2.05) is 79.7 Å². The van der Waals surface area contributed by atoms with Crippen LogP contribution in [-0.2, 0) is 9.53 Å². The first-order chi connectivity index (χ1) is 13.1. The van der Waals surface area contributed by atoms with Crippen LogP contribution in [0, 0.1) is 0 Å². The van der Waals surface area contributed by atoms with Crippen LogP contribution in [0.25, 0.3) is 22.6 Å². The predicted octanol–water partition coefficient (Wildman–Crippen LogP) is 4.21. The first kappa shape index (κ1) is 19.2. The fraction of sp³-hybridized carbons (Fsp3) is 0.238. The molecule has 0 amide bonds. The van der Waals surface area contributed by atoms with Gasteiger partial charge in [-0.15, -0.1) is 0 Å². The number of thioether (sulfide) groups is 1. The second-order valence-electron chi connectivity index (χ2n) is 6.20. The van der Waals surface area contributed by atoms with Crippen LogP contribution in [0.1, 0.15) is 0 Å². The molecule has 0 N–H and O–H groups in total. The van der Waals surface area contributed by atoms with Crippen LogP contribution >= 0.6 is 11.8 Å². The smallest absolute Gasteiger partial charge is 0.316 e. The molecule has 140 valence electrons. The van der Waals surface area contributed by atoms with Gasteiger partial charge in [0, 0.05) is 17.7 Å². The Morgan fingerprint density at radius 1 is 1.04 bits per heavy atom. The van der Waals surface area contributed by atoms with Crippen LogP contribution in [0.2, 0.25) is 0 Å². The van der Waals surface area contributed by atoms with Gasteiger partial charge in [-0.3, -0.25) is 4.79 Å². The zero-order valence-electron chi connectivity index (χ0n) is 15.4. The zero-order valence-corrected chi connectivity index (χ0v) is 16.2. The number of nitrogens with zero attached hydrogens (tertiary/aromatic N) is 2. The Balaban J connectivity index is 1.75. The van der Waals surface area contributed by atoms with Crippen LogP contribution in [0.3, 0.4) is 0 Å². The number of esters is 1. The maximum atomic E-state index is 11.9. The van der Waals surface area contributed by atoms with Crippen LogP contribution in [0.4, 0.5) is 0 Å². The van der Waals surface area contributed by atoms with Gasteiger partial charge >= 0.3 is 5.97 Å². The highest BCUT2D eigenvalue weighted by molar-refractivity contribution is 7.99. The molecule has 3 rings (SSSR count). The molecule has 0 atom stereocenters. The summed E-state index contributed by atoms with van der Waals surface area (Å²) in [7, 11) is 3.87. The van der Waals surface area contributed by atoms with Crippen molar-refractivity contribution < 1.29 is 13.9 Å². The summed E-state index contributed by atoms with van der Waals surface area (Å²) in [6, 6.07) is 19.7. The van der Waals surface area contributed by atoms with Gasteiger partial charge < -0.3 is 14.1 Å². The summed E-state index contributed by atoms with van der Waals surface area (Å²) in [5.74, 6) is 0.587. The molecule has 6 heteroatoms. The molecule has 0 radical (unpaired) electrons. The van der Waals surface area contributed by atoms with E-state index in [1.54, 1.807) is 0 Å². The summed E-state index contributed by atoms with van der Waals surface area (Å²) in [4.78, 5) is 18.5. The lowest BCUT2D eigenvalue weighted by Gasteiger charge is -2.09. The number of rotatable bonds is 8. The van der Waals surface area contributed by atoms with Gasteiger partial charge in [0.1, 0.15) is 18.1 Å². The van der Waals surface area contributed by atoms with Crippen molar-refractivity contribution in [2.75, 3.05) is 33.0 Å². The minimum atomic E-state index is -0.275. The minimum Gasteiger partial charge on any atom is -0.464 e. The van der Waals surface area contributed by atoms with Gasteiger partial charge in [-0.25, -0.2) is 4.98 Å². The molecule has 0 aliphatic heterocycles. The Kier molecular flexibility index (Phi) is 6.68. The SMILES string of the molecule is CN(C)CCOC(=O)CSc1nc(-c2ccccc2)c(-c2ccccc2)o1. The molecule has 0 bridgehead atoms.